The minimum absolute atomic E-state index is 0.177. The molecule has 7 nitrogen and oxygen atoms in total. The highest BCUT2D eigenvalue weighted by Gasteiger charge is 2.09. The van der Waals surface area contributed by atoms with E-state index in [2.05, 4.69) is 20.4 Å². The Morgan fingerprint density at radius 3 is 2.69 bits per heavy atom. The van der Waals surface area contributed by atoms with Crippen molar-refractivity contribution in [3.05, 3.63) is 90.6 Å². The van der Waals surface area contributed by atoms with E-state index in [9.17, 15) is 4.79 Å². The Kier molecular flexibility index (Phi) is 5.29. The van der Waals surface area contributed by atoms with Gasteiger partial charge in [-0.15, -0.1) is 0 Å². The van der Waals surface area contributed by atoms with Crippen LogP contribution in [0.3, 0.4) is 0 Å². The van der Waals surface area contributed by atoms with E-state index < -0.39 is 0 Å². The molecule has 0 fully saturated rings. The van der Waals surface area contributed by atoms with Crippen LogP contribution in [0.5, 0.6) is 5.75 Å². The molecule has 29 heavy (non-hydrogen) atoms. The van der Waals surface area contributed by atoms with Crippen LogP contribution >= 0.6 is 0 Å². The molecule has 1 amide bonds. The molecule has 1 N–H and O–H groups in total. The smallest absolute Gasteiger partial charge is 0.251 e. The first kappa shape index (κ1) is 18.4. The maximum absolute atomic E-state index is 12.6. The summed E-state index contributed by atoms with van der Waals surface area (Å²) in [5, 5.41) is 7.10. The van der Waals surface area contributed by atoms with Crippen molar-refractivity contribution in [2.24, 2.45) is 0 Å². The summed E-state index contributed by atoms with van der Waals surface area (Å²) in [5.74, 6) is 0.608. The Hall–Kier alpha value is -4.00. The van der Waals surface area contributed by atoms with E-state index in [0.29, 0.717) is 12.1 Å². The van der Waals surface area contributed by atoms with Gasteiger partial charge >= 0.3 is 0 Å². The fraction of sp³-hybridized carbons (Fsp3) is 0.0909. The van der Waals surface area contributed by atoms with Crippen molar-refractivity contribution in [3.63, 3.8) is 0 Å². The average Bonchev–Trinajstić information content (AvgIpc) is 3.33. The van der Waals surface area contributed by atoms with Crippen LogP contribution in [0.15, 0.2) is 79.4 Å². The summed E-state index contributed by atoms with van der Waals surface area (Å²) < 4.78 is 6.89. The average molecular weight is 385 g/mol. The number of carbonyl (C=O) groups excluding carboxylic acids is 1. The number of hydrogen-bond donors (Lipinski definition) is 1. The first-order valence-corrected chi connectivity index (χ1v) is 9.06. The molecule has 0 atom stereocenters. The van der Waals surface area contributed by atoms with Gasteiger partial charge in [-0.05, 0) is 54.6 Å². The highest BCUT2D eigenvalue weighted by molar-refractivity contribution is 5.94. The minimum atomic E-state index is -0.177. The van der Waals surface area contributed by atoms with Crippen molar-refractivity contribution >= 4 is 5.91 Å². The van der Waals surface area contributed by atoms with Crippen LogP contribution in [0.25, 0.3) is 16.9 Å². The standard InChI is InChI=1S/C22H19N5O2/c1-29-20-8-6-16(7-9-20)21-13-18(24-15-25-21)14-23-22(28)17-4-2-5-19(12-17)27-11-3-10-26-27/h2-13,15H,14H2,1H3,(H,23,28). The van der Waals surface area contributed by atoms with E-state index in [4.69, 9.17) is 4.74 Å². The van der Waals surface area contributed by atoms with Crippen LogP contribution in [-0.4, -0.2) is 32.8 Å². The number of aromatic nitrogens is 4. The van der Waals surface area contributed by atoms with Gasteiger partial charge in [0.05, 0.1) is 30.7 Å². The molecule has 0 aliphatic rings. The van der Waals surface area contributed by atoms with E-state index in [1.165, 1.54) is 6.33 Å². The van der Waals surface area contributed by atoms with Gasteiger partial charge in [0.15, 0.2) is 0 Å². The lowest BCUT2D eigenvalue weighted by Gasteiger charge is -2.08. The topological polar surface area (TPSA) is 81.9 Å². The fourth-order valence-electron chi connectivity index (χ4n) is 2.90. The Balaban J connectivity index is 1.45. The summed E-state index contributed by atoms with van der Waals surface area (Å²) in [4.78, 5) is 21.1. The Labute approximate surface area is 168 Å². The molecule has 0 spiro atoms. The maximum Gasteiger partial charge on any atom is 0.251 e. The second kappa shape index (κ2) is 8.35. The zero-order valence-electron chi connectivity index (χ0n) is 15.8. The summed E-state index contributed by atoms with van der Waals surface area (Å²) in [6.45, 7) is 0.302. The van der Waals surface area contributed by atoms with E-state index in [0.717, 1.165) is 28.4 Å². The highest BCUT2D eigenvalue weighted by atomic mass is 16.5. The second-order valence-corrected chi connectivity index (χ2v) is 6.31. The molecule has 2 aromatic carbocycles. The van der Waals surface area contributed by atoms with E-state index in [1.807, 2.05) is 54.7 Å². The van der Waals surface area contributed by atoms with Crippen LogP contribution in [0.2, 0.25) is 0 Å². The molecule has 144 valence electrons. The van der Waals surface area contributed by atoms with Gasteiger partial charge in [-0.1, -0.05) is 6.07 Å². The quantitative estimate of drug-likeness (QED) is 0.551. The predicted octanol–water partition coefficient (Wildman–Crippen LogP) is 3.27. The van der Waals surface area contributed by atoms with Crippen LogP contribution in [0, 0.1) is 0 Å². The zero-order valence-corrected chi connectivity index (χ0v) is 15.8. The van der Waals surface area contributed by atoms with Gasteiger partial charge in [-0.2, -0.15) is 5.10 Å². The van der Waals surface area contributed by atoms with E-state index >= 15 is 0 Å². The van der Waals surface area contributed by atoms with Gasteiger partial charge in [0.1, 0.15) is 12.1 Å². The molecule has 0 saturated heterocycles. The third-order valence-electron chi connectivity index (χ3n) is 4.42. The van der Waals surface area contributed by atoms with Gasteiger partial charge < -0.3 is 10.1 Å². The number of amides is 1. The molecular formula is C22H19N5O2. The Bertz CT molecular complexity index is 1110. The van der Waals surface area contributed by atoms with Gasteiger partial charge in [0, 0.05) is 23.5 Å². The van der Waals surface area contributed by atoms with Crippen molar-refractivity contribution in [2.75, 3.05) is 7.11 Å². The second-order valence-electron chi connectivity index (χ2n) is 6.31. The lowest BCUT2D eigenvalue weighted by atomic mass is 10.1. The lowest BCUT2D eigenvalue weighted by Crippen LogP contribution is -2.23. The number of ether oxygens (including phenoxy) is 1. The summed E-state index contributed by atoms with van der Waals surface area (Å²) in [7, 11) is 1.63. The van der Waals surface area contributed by atoms with Crippen molar-refractivity contribution in [1.29, 1.82) is 0 Å². The maximum atomic E-state index is 12.6. The third kappa shape index (κ3) is 4.30. The highest BCUT2D eigenvalue weighted by Crippen LogP contribution is 2.20. The third-order valence-corrected chi connectivity index (χ3v) is 4.42. The van der Waals surface area contributed by atoms with E-state index in [-0.39, 0.29) is 5.91 Å². The first-order valence-electron chi connectivity index (χ1n) is 9.06. The van der Waals surface area contributed by atoms with Crippen molar-refractivity contribution < 1.29 is 9.53 Å². The van der Waals surface area contributed by atoms with Crippen LogP contribution in [-0.2, 0) is 6.54 Å². The zero-order chi connectivity index (χ0) is 20.1. The summed E-state index contributed by atoms with van der Waals surface area (Å²) in [6.07, 6.45) is 5.03. The molecule has 7 heteroatoms. The Morgan fingerprint density at radius 2 is 1.93 bits per heavy atom. The monoisotopic (exact) mass is 385 g/mol. The lowest BCUT2D eigenvalue weighted by molar-refractivity contribution is 0.0950. The largest absolute Gasteiger partial charge is 0.497 e. The van der Waals surface area contributed by atoms with E-state index in [1.54, 1.807) is 30.1 Å². The first-order chi connectivity index (χ1) is 14.2. The summed E-state index contributed by atoms with van der Waals surface area (Å²) in [6, 6.07) is 18.6. The normalized spacial score (nSPS) is 10.5. The molecule has 0 saturated carbocycles. The molecule has 2 aromatic heterocycles. The molecule has 0 unspecified atom stereocenters. The molecule has 4 aromatic rings. The Morgan fingerprint density at radius 1 is 1.07 bits per heavy atom. The minimum Gasteiger partial charge on any atom is -0.497 e. The molecular weight excluding hydrogens is 366 g/mol. The molecule has 2 heterocycles. The molecule has 0 radical (unpaired) electrons. The number of hydrogen-bond acceptors (Lipinski definition) is 5. The number of carbonyl (C=O) groups is 1. The number of benzene rings is 2. The van der Waals surface area contributed by atoms with Gasteiger partial charge in [0.25, 0.3) is 5.91 Å². The van der Waals surface area contributed by atoms with Gasteiger partial charge in [0.2, 0.25) is 0 Å². The van der Waals surface area contributed by atoms with Crippen LogP contribution in [0.1, 0.15) is 16.1 Å². The van der Waals surface area contributed by atoms with Gasteiger partial charge in [-0.3, -0.25) is 4.79 Å². The summed E-state index contributed by atoms with van der Waals surface area (Å²) in [5.41, 5.74) is 3.84. The molecule has 0 aliphatic carbocycles. The molecule has 0 aliphatic heterocycles. The fourth-order valence-corrected chi connectivity index (χ4v) is 2.90. The van der Waals surface area contributed by atoms with Crippen LogP contribution < -0.4 is 10.1 Å². The molecule has 4 rings (SSSR count). The predicted molar refractivity (Wildman–Crippen MR) is 109 cm³/mol. The van der Waals surface area contributed by atoms with Crippen molar-refractivity contribution in [3.8, 4) is 22.7 Å². The van der Waals surface area contributed by atoms with Crippen LogP contribution in [0.4, 0.5) is 0 Å². The number of nitrogens with zero attached hydrogens (tertiary/aromatic N) is 4. The molecule has 0 bridgehead atoms. The van der Waals surface area contributed by atoms with Crippen molar-refractivity contribution in [1.82, 2.24) is 25.1 Å². The number of methoxy groups -OCH3 is 1. The number of rotatable bonds is 6. The summed E-state index contributed by atoms with van der Waals surface area (Å²) >= 11 is 0. The SMILES string of the molecule is COc1ccc(-c2cc(CNC(=O)c3cccc(-n4cccn4)c3)ncn2)cc1. The van der Waals surface area contributed by atoms with Crippen molar-refractivity contribution in [2.45, 2.75) is 6.54 Å². The van der Waals surface area contributed by atoms with Gasteiger partial charge in [-0.25, -0.2) is 14.6 Å². The number of nitrogens with one attached hydrogen (secondary N) is 1.